The van der Waals surface area contributed by atoms with Crippen LogP contribution in [0.25, 0.3) is 11.2 Å². The van der Waals surface area contributed by atoms with E-state index in [-0.39, 0.29) is 36.2 Å². The van der Waals surface area contributed by atoms with Crippen LogP contribution in [0, 0.1) is 0 Å². The summed E-state index contributed by atoms with van der Waals surface area (Å²) in [6.07, 6.45) is -1.86. The van der Waals surface area contributed by atoms with Crippen molar-refractivity contribution in [2.24, 2.45) is 0 Å². The first-order valence-electron chi connectivity index (χ1n) is 12.1. The number of aliphatic hydroxyl groups is 2. The molecule has 16 heteroatoms. The van der Waals surface area contributed by atoms with E-state index in [0.29, 0.717) is 12.2 Å². The third-order valence-electron chi connectivity index (χ3n) is 6.51. The van der Waals surface area contributed by atoms with Gasteiger partial charge in [0.15, 0.2) is 17.4 Å². The zero-order chi connectivity index (χ0) is 27.8. The van der Waals surface area contributed by atoms with Crippen molar-refractivity contribution >= 4 is 41.2 Å². The van der Waals surface area contributed by atoms with Gasteiger partial charge in [-0.05, 0) is 18.9 Å². The maximum absolute atomic E-state index is 13.4. The molecule has 0 amide bonds. The summed E-state index contributed by atoms with van der Waals surface area (Å²) in [5.74, 6) is -0.0701. The number of fused-ring (bicyclic) bond motifs is 1. The molecule has 2 fully saturated rings. The van der Waals surface area contributed by atoms with Crippen molar-refractivity contribution in [2.75, 3.05) is 25.2 Å². The van der Waals surface area contributed by atoms with E-state index < -0.39 is 42.8 Å². The molecule has 0 unspecified atom stereocenters. The number of imidazole rings is 1. The number of benzene rings is 1. The highest BCUT2D eigenvalue weighted by molar-refractivity contribution is 8.56. The summed E-state index contributed by atoms with van der Waals surface area (Å²) in [5.41, 5.74) is 5.33. The summed E-state index contributed by atoms with van der Waals surface area (Å²) in [6.45, 7) is -2.39. The predicted molar refractivity (Wildman–Crippen MR) is 141 cm³/mol. The fourth-order valence-corrected chi connectivity index (χ4v) is 8.24. The number of nitrogen functional groups attached to an aromatic ring is 1. The maximum atomic E-state index is 13.4. The van der Waals surface area contributed by atoms with Crippen molar-refractivity contribution in [2.45, 2.75) is 50.0 Å². The summed E-state index contributed by atoms with van der Waals surface area (Å²) in [5, 5.41) is 24.8. The molecular weight excluding hydrogens is 551 g/mol. The molecule has 0 bridgehead atoms. The van der Waals surface area contributed by atoms with Gasteiger partial charge in [-0.15, -0.1) is 0 Å². The lowest BCUT2D eigenvalue weighted by molar-refractivity contribution is -0.147. The third-order valence-corrected chi connectivity index (χ3v) is 10.6. The van der Waals surface area contributed by atoms with E-state index in [1.807, 2.05) is 30.3 Å². The summed E-state index contributed by atoms with van der Waals surface area (Å²) in [7, 11) is 1.41. The van der Waals surface area contributed by atoms with Gasteiger partial charge < -0.3 is 34.7 Å². The third kappa shape index (κ3) is 5.61. The van der Waals surface area contributed by atoms with E-state index >= 15 is 0 Å². The quantitative estimate of drug-likeness (QED) is 0.220. The molecule has 0 saturated carbocycles. The number of methoxy groups -OCH3 is 1. The zero-order valence-corrected chi connectivity index (χ0v) is 22.9. The molecular formula is C23H29N6O8PS. The second-order valence-electron chi connectivity index (χ2n) is 9.30. The minimum absolute atomic E-state index is 0.0745. The number of anilines is 1. The summed E-state index contributed by atoms with van der Waals surface area (Å²) in [6, 6.07) is 8.42. The van der Waals surface area contributed by atoms with E-state index in [1.54, 1.807) is 0 Å². The van der Waals surface area contributed by atoms with Gasteiger partial charge in [-0.3, -0.25) is 13.9 Å². The van der Waals surface area contributed by atoms with Crippen LogP contribution in [-0.4, -0.2) is 79.0 Å². The standard InChI is InChI=1S/C23H29N6O8PS/c1-23(32)17(30)15(37-21(23)29-12-25-16-18(29)26-22(24)27-19(16)34-2)11-36-38(33)28-14(8-9-39-38)20(31)35-10-13-6-4-3-5-7-13/h3-7,12,14-15,17,21,30,32H,8-11H2,1-2H3,(H,28,33)(H2,24,26,27)/t14-,15+,17+,21+,23+,38+/m0/s1. The lowest BCUT2D eigenvalue weighted by atomic mass is 9.96. The molecule has 5 rings (SSSR count). The summed E-state index contributed by atoms with van der Waals surface area (Å²) >= 11 is 1.05. The van der Waals surface area contributed by atoms with Crippen LogP contribution in [0.15, 0.2) is 36.7 Å². The first-order valence-corrected chi connectivity index (χ1v) is 15.3. The van der Waals surface area contributed by atoms with Crippen molar-refractivity contribution in [3.63, 3.8) is 0 Å². The number of esters is 1. The number of hydrogen-bond acceptors (Lipinski definition) is 13. The molecule has 5 N–H and O–H groups in total. The van der Waals surface area contributed by atoms with Gasteiger partial charge >= 0.3 is 12.7 Å². The van der Waals surface area contributed by atoms with Crippen LogP contribution < -0.4 is 15.6 Å². The highest BCUT2D eigenvalue weighted by Gasteiger charge is 2.54. The number of nitrogens with two attached hydrogens (primary N) is 1. The van der Waals surface area contributed by atoms with Crippen LogP contribution in [0.2, 0.25) is 0 Å². The molecule has 210 valence electrons. The topological polar surface area (TPSA) is 193 Å². The van der Waals surface area contributed by atoms with Crippen molar-refractivity contribution in [1.29, 1.82) is 0 Å². The summed E-state index contributed by atoms with van der Waals surface area (Å²) in [4.78, 5) is 25.0. The van der Waals surface area contributed by atoms with E-state index in [1.165, 1.54) is 24.9 Å². The SMILES string of the molecule is COc1nc(N)nc2c1ncn2[C@@H]1O[C@H](CO[P@]2(=O)N[C@H](C(=O)OCc3ccccc3)CCS2)[C@@H](O)[C@@]1(C)O. The molecule has 0 spiro atoms. The van der Waals surface area contributed by atoms with Gasteiger partial charge in [0.05, 0.1) is 20.0 Å². The number of aliphatic hydroxyl groups excluding tert-OH is 1. The minimum atomic E-state index is -3.56. The summed E-state index contributed by atoms with van der Waals surface area (Å²) < 4.78 is 37.0. The van der Waals surface area contributed by atoms with Crippen LogP contribution in [-0.2, 0) is 30.0 Å². The monoisotopic (exact) mass is 580 g/mol. The molecule has 0 radical (unpaired) electrons. The van der Waals surface area contributed by atoms with Crippen molar-refractivity contribution < 1.29 is 38.3 Å². The molecule has 2 aliphatic rings. The van der Waals surface area contributed by atoms with Gasteiger partial charge in [-0.2, -0.15) is 9.97 Å². The smallest absolute Gasteiger partial charge is 0.327 e. The van der Waals surface area contributed by atoms with E-state index in [0.717, 1.165) is 16.9 Å². The number of carbonyl (C=O) groups is 1. The maximum Gasteiger partial charge on any atom is 0.327 e. The molecule has 1 aromatic carbocycles. The molecule has 4 heterocycles. The molecule has 14 nitrogen and oxygen atoms in total. The molecule has 3 aromatic rings. The average Bonchev–Trinajstić information content (AvgIpc) is 3.43. The molecule has 2 saturated heterocycles. The Morgan fingerprint density at radius 2 is 2.13 bits per heavy atom. The Morgan fingerprint density at radius 1 is 1.36 bits per heavy atom. The fourth-order valence-electron chi connectivity index (χ4n) is 4.43. The number of carbonyl (C=O) groups excluding carboxylic acids is 1. The molecule has 2 aliphatic heterocycles. The Bertz CT molecular complexity index is 1390. The fraction of sp³-hybridized carbons (Fsp3) is 0.478. The second kappa shape index (κ2) is 11.0. The van der Waals surface area contributed by atoms with Crippen LogP contribution >= 0.6 is 18.1 Å². The van der Waals surface area contributed by atoms with Gasteiger partial charge in [-0.1, -0.05) is 41.7 Å². The molecule has 0 aliphatic carbocycles. The Kier molecular flexibility index (Phi) is 7.84. The number of nitrogens with zero attached hydrogens (tertiary/aromatic N) is 4. The number of rotatable bonds is 8. The van der Waals surface area contributed by atoms with Gasteiger partial charge in [-0.25, -0.2) is 10.1 Å². The van der Waals surface area contributed by atoms with Gasteiger partial charge in [0.2, 0.25) is 11.8 Å². The van der Waals surface area contributed by atoms with Crippen LogP contribution in [0.1, 0.15) is 25.1 Å². The first-order chi connectivity index (χ1) is 18.6. The highest BCUT2D eigenvalue weighted by Crippen LogP contribution is 2.59. The molecule has 6 atom stereocenters. The van der Waals surface area contributed by atoms with Crippen LogP contribution in [0.5, 0.6) is 5.88 Å². The highest BCUT2D eigenvalue weighted by atomic mass is 32.7. The number of ether oxygens (including phenoxy) is 3. The largest absolute Gasteiger partial charge is 0.479 e. The number of hydrogen-bond donors (Lipinski definition) is 4. The molecule has 2 aromatic heterocycles. The zero-order valence-electron chi connectivity index (χ0n) is 21.2. The number of aromatic nitrogens is 4. The van der Waals surface area contributed by atoms with Crippen LogP contribution in [0.3, 0.4) is 0 Å². The van der Waals surface area contributed by atoms with Crippen molar-refractivity contribution in [3.8, 4) is 5.88 Å². The minimum Gasteiger partial charge on any atom is -0.479 e. The normalized spacial score (nSPS) is 30.9. The van der Waals surface area contributed by atoms with Gasteiger partial charge in [0.1, 0.15) is 30.5 Å². The van der Waals surface area contributed by atoms with Gasteiger partial charge in [0.25, 0.3) is 0 Å². The Hall–Kier alpha value is -2.78. The first kappa shape index (κ1) is 27.8. The second-order valence-corrected chi connectivity index (χ2v) is 13.7. The van der Waals surface area contributed by atoms with E-state index in [9.17, 15) is 19.6 Å². The van der Waals surface area contributed by atoms with Crippen molar-refractivity contribution in [1.82, 2.24) is 24.6 Å². The lowest BCUT2D eigenvalue weighted by Crippen LogP contribution is -2.44. The predicted octanol–water partition coefficient (Wildman–Crippen LogP) is 1.39. The Morgan fingerprint density at radius 3 is 2.87 bits per heavy atom. The van der Waals surface area contributed by atoms with Crippen molar-refractivity contribution in [3.05, 3.63) is 42.2 Å². The Balaban J connectivity index is 1.24. The average molecular weight is 581 g/mol. The van der Waals surface area contributed by atoms with E-state index in [2.05, 4.69) is 20.0 Å². The Labute approximate surface area is 227 Å². The number of nitrogens with one attached hydrogen (secondary N) is 1. The lowest BCUT2D eigenvalue weighted by Gasteiger charge is -2.29. The van der Waals surface area contributed by atoms with Gasteiger partial charge in [0, 0.05) is 5.75 Å². The molecule has 39 heavy (non-hydrogen) atoms. The van der Waals surface area contributed by atoms with E-state index in [4.69, 9.17) is 24.5 Å². The van der Waals surface area contributed by atoms with Crippen LogP contribution in [0.4, 0.5) is 5.95 Å².